The molecule has 1 unspecified atom stereocenters. The molecule has 1 aromatic carbocycles. The van der Waals surface area contributed by atoms with Crippen LogP contribution in [0.15, 0.2) is 28.8 Å². The maximum absolute atomic E-state index is 12.3. The zero-order valence-corrected chi connectivity index (χ0v) is 15.0. The maximum atomic E-state index is 12.3. The molecule has 0 aliphatic carbocycles. The van der Waals surface area contributed by atoms with Crippen molar-refractivity contribution in [3.63, 3.8) is 0 Å². The van der Waals surface area contributed by atoms with Gasteiger partial charge in [-0.25, -0.2) is 4.79 Å². The Morgan fingerprint density at radius 1 is 1.28 bits per heavy atom. The van der Waals surface area contributed by atoms with Gasteiger partial charge >= 0.3 is 6.09 Å². The number of nitrogens with zero attached hydrogens (tertiary/aromatic N) is 3. The van der Waals surface area contributed by atoms with Crippen molar-refractivity contribution in [2.45, 2.75) is 39.4 Å². The number of carbonyl (C=O) groups is 1. The van der Waals surface area contributed by atoms with Crippen LogP contribution in [0.5, 0.6) is 0 Å². The van der Waals surface area contributed by atoms with Gasteiger partial charge in [-0.05, 0) is 45.4 Å². The summed E-state index contributed by atoms with van der Waals surface area (Å²) in [5.41, 5.74) is 1.34. The van der Waals surface area contributed by atoms with Crippen LogP contribution < -0.4 is 0 Å². The Morgan fingerprint density at radius 2 is 2.00 bits per heavy atom. The fraction of sp³-hybridized carbons (Fsp3) is 0.500. The monoisotopic (exact) mass is 345 g/mol. The number of rotatable bonds is 2. The number of aryl methyl sites for hydroxylation is 1. The molecule has 134 valence electrons. The Hall–Kier alpha value is -2.41. The first-order valence-electron chi connectivity index (χ1n) is 8.32. The van der Waals surface area contributed by atoms with Crippen LogP contribution in [-0.4, -0.2) is 46.4 Å². The summed E-state index contributed by atoms with van der Waals surface area (Å²) in [6, 6.07) is 7.74. The van der Waals surface area contributed by atoms with Crippen LogP contribution in [-0.2, 0) is 9.47 Å². The van der Waals surface area contributed by atoms with Crippen molar-refractivity contribution >= 4 is 6.09 Å². The van der Waals surface area contributed by atoms with Crippen molar-refractivity contribution in [1.82, 2.24) is 15.0 Å². The third-order valence-corrected chi connectivity index (χ3v) is 3.78. The average molecular weight is 345 g/mol. The highest BCUT2D eigenvalue weighted by Crippen LogP contribution is 2.26. The zero-order valence-electron chi connectivity index (χ0n) is 15.0. The van der Waals surface area contributed by atoms with Crippen molar-refractivity contribution in [3.8, 4) is 11.5 Å². The Morgan fingerprint density at radius 3 is 2.60 bits per heavy atom. The minimum absolute atomic E-state index is 0.181. The Labute approximate surface area is 146 Å². The fourth-order valence-electron chi connectivity index (χ4n) is 2.60. The second-order valence-corrected chi connectivity index (χ2v) is 7.05. The van der Waals surface area contributed by atoms with Gasteiger partial charge in [0.2, 0.25) is 0 Å². The Balaban J connectivity index is 1.68. The molecule has 7 heteroatoms. The second kappa shape index (κ2) is 6.84. The van der Waals surface area contributed by atoms with E-state index >= 15 is 0 Å². The van der Waals surface area contributed by atoms with Crippen molar-refractivity contribution in [2.24, 2.45) is 0 Å². The minimum Gasteiger partial charge on any atom is -0.444 e. The number of ether oxygens (including phenoxy) is 2. The van der Waals surface area contributed by atoms with Crippen LogP contribution in [0, 0.1) is 6.92 Å². The molecule has 0 saturated carbocycles. The van der Waals surface area contributed by atoms with E-state index in [1.807, 2.05) is 45.0 Å². The van der Waals surface area contributed by atoms with Gasteiger partial charge in [0.1, 0.15) is 11.7 Å². The Kier molecular flexibility index (Phi) is 4.76. The number of aromatic nitrogens is 2. The largest absolute Gasteiger partial charge is 0.444 e. The Bertz CT molecular complexity index is 734. The summed E-state index contributed by atoms with van der Waals surface area (Å²) in [5.74, 6) is 1.09. The van der Waals surface area contributed by atoms with E-state index in [-0.39, 0.29) is 12.2 Å². The van der Waals surface area contributed by atoms with Crippen molar-refractivity contribution in [1.29, 1.82) is 0 Å². The lowest BCUT2D eigenvalue weighted by Crippen LogP contribution is -2.44. The van der Waals surface area contributed by atoms with Crippen LogP contribution in [0.4, 0.5) is 4.79 Å². The molecule has 1 fully saturated rings. The van der Waals surface area contributed by atoms with Crippen LogP contribution >= 0.6 is 0 Å². The standard InChI is InChI=1S/C18H23N3O4/c1-12-19-16(25-20-12)14-7-5-13(6-8-14)15-11-21(9-10-23-15)17(22)24-18(2,3)4/h5-8,15H,9-11H2,1-4H3. The number of benzene rings is 1. The first-order valence-corrected chi connectivity index (χ1v) is 8.32. The summed E-state index contributed by atoms with van der Waals surface area (Å²) in [6.07, 6.45) is -0.488. The molecular formula is C18H23N3O4. The van der Waals surface area contributed by atoms with E-state index in [9.17, 15) is 4.79 Å². The van der Waals surface area contributed by atoms with E-state index in [2.05, 4.69) is 10.1 Å². The first-order chi connectivity index (χ1) is 11.8. The summed E-state index contributed by atoms with van der Waals surface area (Å²) >= 11 is 0. The highest BCUT2D eigenvalue weighted by molar-refractivity contribution is 5.68. The lowest BCUT2D eigenvalue weighted by molar-refractivity contribution is -0.0432. The van der Waals surface area contributed by atoms with Gasteiger partial charge in [0.25, 0.3) is 5.89 Å². The van der Waals surface area contributed by atoms with Gasteiger partial charge in [0.15, 0.2) is 5.82 Å². The van der Waals surface area contributed by atoms with Crippen LogP contribution in [0.1, 0.15) is 38.3 Å². The van der Waals surface area contributed by atoms with Crippen molar-refractivity contribution < 1.29 is 18.8 Å². The predicted molar refractivity (Wildman–Crippen MR) is 91.0 cm³/mol. The molecule has 2 aromatic rings. The number of morpholine rings is 1. The van der Waals surface area contributed by atoms with Crippen LogP contribution in [0.25, 0.3) is 11.5 Å². The average Bonchev–Trinajstić information content (AvgIpc) is 3.00. The van der Waals surface area contributed by atoms with Gasteiger partial charge in [-0.3, -0.25) is 0 Å². The molecule has 2 heterocycles. The molecule has 1 aliphatic rings. The van der Waals surface area contributed by atoms with Gasteiger partial charge in [-0.1, -0.05) is 17.3 Å². The van der Waals surface area contributed by atoms with Gasteiger partial charge in [0, 0.05) is 12.1 Å². The first kappa shape index (κ1) is 17.4. The quantitative estimate of drug-likeness (QED) is 0.830. The molecule has 1 saturated heterocycles. The lowest BCUT2D eigenvalue weighted by atomic mass is 10.1. The highest BCUT2D eigenvalue weighted by atomic mass is 16.6. The van der Waals surface area contributed by atoms with E-state index < -0.39 is 5.60 Å². The normalized spacial score (nSPS) is 18.2. The van der Waals surface area contributed by atoms with Crippen molar-refractivity contribution in [3.05, 3.63) is 35.7 Å². The number of hydrogen-bond acceptors (Lipinski definition) is 6. The van der Waals surface area contributed by atoms with Crippen LogP contribution in [0.3, 0.4) is 0 Å². The van der Waals surface area contributed by atoms with E-state index in [0.29, 0.717) is 31.4 Å². The summed E-state index contributed by atoms with van der Waals surface area (Å²) in [5, 5.41) is 3.79. The van der Waals surface area contributed by atoms with Gasteiger partial charge < -0.3 is 18.9 Å². The van der Waals surface area contributed by atoms with E-state index in [1.165, 1.54) is 0 Å². The molecule has 25 heavy (non-hydrogen) atoms. The molecule has 0 N–H and O–H groups in total. The van der Waals surface area contributed by atoms with E-state index in [0.717, 1.165) is 11.1 Å². The number of amides is 1. The topological polar surface area (TPSA) is 77.7 Å². The zero-order chi connectivity index (χ0) is 18.0. The molecule has 1 atom stereocenters. The van der Waals surface area contributed by atoms with Crippen LogP contribution in [0.2, 0.25) is 0 Å². The number of carbonyl (C=O) groups excluding carboxylic acids is 1. The molecule has 0 spiro atoms. The van der Waals surface area contributed by atoms with E-state index in [1.54, 1.807) is 11.8 Å². The SMILES string of the molecule is Cc1noc(-c2ccc(C3CN(C(=O)OC(C)(C)C)CCO3)cc2)n1. The van der Waals surface area contributed by atoms with Crippen molar-refractivity contribution in [2.75, 3.05) is 19.7 Å². The molecule has 1 amide bonds. The molecule has 0 bridgehead atoms. The molecule has 0 radical (unpaired) electrons. The molecular weight excluding hydrogens is 322 g/mol. The summed E-state index contributed by atoms with van der Waals surface area (Å²) in [7, 11) is 0. The minimum atomic E-state index is -0.505. The molecule has 1 aliphatic heterocycles. The molecule has 3 rings (SSSR count). The number of hydrogen-bond donors (Lipinski definition) is 0. The fourth-order valence-corrected chi connectivity index (χ4v) is 2.60. The summed E-state index contributed by atoms with van der Waals surface area (Å²) in [6.45, 7) is 8.85. The van der Waals surface area contributed by atoms with E-state index in [4.69, 9.17) is 14.0 Å². The lowest BCUT2D eigenvalue weighted by Gasteiger charge is -2.34. The summed E-state index contributed by atoms with van der Waals surface area (Å²) in [4.78, 5) is 18.2. The van der Waals surface area contributed by atoms with Gasteiger partial charge in [0.05, 0.1) is 13.2 Å². The molecule has 1 aromatic heterocycles. The third-order valence-electron chi connectivity index (χ3n) is 3.78. The second-order valence-electron chi connectivity index (χ2n) is 7.05. The maximum Gasteiger partial charge on any atom is 0.410 e. The predicted octanol–water partition coefficient (Wildman–Crippen LogP) is 3.35. The van der Waals surface area contributed by atoms with Gasteiger partial charge in [-0.15, -0.1) is 0 Å². The third kappa shape index (κ3) is 4.36. The smallest absolute Gasteiger partial charge is 0.410 e. The highest BCUT2D eigenvalue weighted by Gasteiger charge is 2.28. The summed E-state index contributed by atoms with van der Waals surface area (Å²) < 4.78 is 16.4. The van der Waals surface area contributed by atoms with Gasteiger partial charge in [-0.2, -0.15) is 4.98 Å². The molecule has 7 nitrogen and oxygen atoms in total.